The largest absolute Gasteiger partial charge is 0.394 e. The maximum Gasteiger partial charge on any atom is 0.220 e. The molecule has 1 fully saturated rings. The van der Waals surface area contributed by atoms with Gasteiger partial charge in [0.15, 0.2) is 6.29 Å². The number of carbonyl (C=O) groups excluding carboxylic acids is 1. The SMILES string of the molecule is CC/C=C/CC/C=C/CC/C=C/C(O)C(COC1OC(CO)C(O)C(O)C1O)NC(=O)CCCCCCCCCCCCC. The van der Waals surface area contributed by atoms with Crippen LogP contribution < -0.4 is 5.32 Å². The van der Waals surface area contributed by atoms with Gasteiger partial charge in [-0.25, -0.2) is 0 Å². The van der Waals surface area contributed by atoms with Gasteiger partial charge < -0.3 is 40.3 Å². The third-order valence-electron chi connectivity index (χ3n) is 7.96. The van der Waals surface area contributed by atoms with Crippen molar-refractivity contribution in [2.24, 2.45) is 0 Å². The highest BCUT2D eigenvalue weighted by molar-refractivity contribution is 5.76. The fraction of sp³-hybridized carbons (Fsp3) is 0.800. The molecule has 0 saturated carbocycles. The number of ether oxygens (including phenoxy) is 2. The Hall–Kier alpha value is -1.59. The standard InChI is InChI=1S/C35H63NO8/c1-3-5-7-9-11-13-15-17-19-21-23-25-31(39)36-28(27-43-35-34(42)33(41)32(40)30(26-37)44-35)29(38)24-22-20-18-16-14-12-10-8-6-4-2/h6,8,14,16,22,24,28-30,32-35,37-38,40-42H,3-5,7,9-13,15,17-21,23,25-27H2,1-2H3,(H,36,39)/b8-6+,16-14+,24-22+. The molecule has 9 heteroatoms. The minimum atomic E-state index is -1.57. The number of aliphatic hydroxyl groups excluding tert-OH is 5. The van der Waals surface area contributed by atoms with E-state index in [0.717, 1.165) is 51.4 Å². The molecule has 7 unspecified atom stereocenters. The van der Waals surface area contributed by atoms with E-state index in [1.165, 1.54) is 51.4 Å². The summed E-state index contributed by atoms with van der Waals surface area (Å²) in [7, 11) is 0. The molecule has 1 aliphatic heterocycles. The Morgan fingerprint density at radius 2 is 1.32 bits per heavy atom. The number of hydrogen-bond acceptors (Lipinski definition) is 8. The first kappa shape index (κ1) is 40.4. The van der Waals surface area contributed by atoms with E-state index in [9.17, 15) is 30.3 Å². The van der Waals surface area contributed by atoms with Gasteiger partial charge in [-0.15, -0.1) is 0 Å². The van der Waals surface area contributed by atoms with Crippen LogP contribution in [0.1, 0.15) is 123 Å². The van der Waals surface area contributed by atoms with E-state index in [2.05, 4.69) is 43.5 Å². The molecule has 1 rings (SSSR count). The Morgan fingerprint density at radius 1 is 0.773 bits per heavy atom. The third kappa shape index (κ3) is 18.4. The number of carbonyl (C=O) groups is 1. The zero-order chi connectivity index (χ0) is 32.4. The summed E-state index contributed by atoms with van der Waals surface area (Å²) >= 11 is 0. The lowest BCUT2D eigenvalue weighted by Gasteiger charge is -2.40. The van der Waals surface area contributed by atoms with Gasteiger partial charge in [-0.2, -0.15) is 0 Å². The second-order valence-corrected chi connectivity index (χ2v) is 11.9. The van der Waals surface area contributed by atoms with E-state index in [4.69, 9.17) is 9.47 Å². The smallest absolute Gasteiger partial charge is 0.220 e. The van der Waals surface area contributed by atoms with Crippen molar-refractivity contribution in [3.05, 3.63) is 36.5 Å². The van der Waals surface area contributed by atoms with E-state index >= 15 is 0 Å². The molecule has 44 heavy (non-hydrogen) atoms. The van der Waals surface area contributed by atoms with Crippen LogP contribution in [0.25, 0.3) is 0 Å². The first-order valence-corrected chi connectivity index (χ1v) is 17.2. The van der Waals surface area contributed by atoms with Crippen LogP contribution >= 0.6 is 0 Å². The minimum Gasteiger partial charge on any atom is -0.394 e. The van der Waals surface area contributed by atoms with E-state index < -0.39 is 49.5 Å². The molecule has 0 aromatic carbocycles. The predicted octanol–water partition coefficient (Wildman–Crippen LogP) is 4.99. The van der Waals surface area contributed by atoms with Crippen molar-refractivity contribution >= 4 is 5.91 Å². The molecular weight excluding hydrogens is 562 g/mol. The molecule has 0 aliphatic carbocycles. The molecule has 1 heterocycles. The highest BCUT2D eigenvalue weighted by Gasteiger charge is 2.44. The van der Waals surface area contributed by atoms with Crippen molar-refractivity contribution in [3.63, 3.8) is 0 Å². The molecule has 1 amide bonds. The molecule has 7 atom stereocenters. The van der Waals surface area contributed by atoms with E-state index in [1.807, 2.05) is 6.08 Å². The highest BCUT2D eigenvalue weighted by atomic mass is 16.7. The summed E-state index contributed by atoms with van der Waals surface area (Å²) in [6, 6.07) is -0.820. The van der Waals surface area contributed by atoms with Crippen LogP contribution in [-0.4, -0.2) is 87.5 Å². The lowest BCUT2D eigenvalue weighted by atomic mass is 9.99. The summed E-state index contributed by atoms with van der Waals surface area (Å²) in [5.74, 6) is -0.198. The lowest BCUT2D eigenvalue weighted by molar-refractivity contribution is -0.302. The zero-order valence-electron chi connectivity index (χ0n) is 27.4. The topological polar surface area (TPSA) is 149 Å². The predicted molar refractivity (Wildman–Crippen MR) is 175 cm³/mol. The molecule has 0 bridgehead atoms. The number of nitrogens with one attached hydrogen (secondary N) is 1. The van der Waals surface area contributed by atoms with Crippen molar-refractivity contribution < 1.29 is 39.8 Å². The van der Waals surface area contributed by atoms with Crippen LogP contribution in [0, 0.1) is 0 Å². The van der Waals surface area contributed by atoms with Gasteiger partial charge in [-0.3, -0.25) is 4.79 Å². The first-order chi connectivity index (χ1) is 21.3. The maximum absolute atomic E-state index is 12.8. The van der Waals surface area contributed by atoms with Gasteiger partial charge in [0.05, 0.1) is 25.4 Å². The number of amides is 1. The Bertz CT molecular complexity index is 787. The molecule has 9 nitrogen and oxygen atoms in total. The molecule has 256 valence electrons. The Kier molecular flexibility index (Phi) is 24.5. The number of unbranched alkanes of at least 4 members (excludes halogenated alkanes) is 12. The number of allylic oxidation sites excluding steroid dienone is 5. The average molecular weight is 626 g/mol. The van der Waals surface area contributed by atoms with Gasteiger partial charge in [0.2, 0.25) is 5.91 Å². The second kappa shape index (κ2) is 26.6. The van der Waals surface area contributed by atoms with Crippen LogP contribution in [0.3, 0.4) is 0 Å². The van der Waals surface area contributed by atoms with Gasteiger partial charge in [0.25, 0.3) is 0 Å². The van der Waals surface area contributed by atoms with Crippen molar-refractivity contribution in [2.45, 2.75) is 166 Å². The van der Waals surface area contributed by atoms with Crippen molar-refractivity contribution in [1.29, 1.82) is 0 Å². The lowest BCUT2D eigenvalue weighted by Crippen LogP contribution is -2.60. The van der Waals surface area contributed by atoms with Gasteiger partial charge in [-0.1, -0.05) is 115 Å². The summed E-state index contributed by atoms with van der Waals surface area (Å²) in [6.45, 7) is 3.57. The Balaban J connectivity index is 2.55. The highest BCUT2D eigenvalue weighted by Crippen LogP contribution is 2.22. The number of hydrogen-bond donors (Lipinski definition) is 6. The van der Waals surface area contributed by atoms with Gasteiger partial charge in [0.1, 0.15) is 24.4 Å². The third-order valence-corrected chi connectivity index (χ3v) is 7.96. The fourth-order valence-electron chi connectivity index (χ4n) is 5.13. The van der Waals surface area contributed by atoms with Gasteiger partial charge in [0, 0.05) is 6.42 Å². The normalized spacial score (nSPS) is 24.0. The number of aliphatic hydroxyl groups is 5. The van der Waals surface area contributed by atoms with Crippen LogP contribution in [0.2, 0.25) is 0 Å². The molecule has 1 aliphatic rings. The molecule has 0 aromatic rings. The van der Waals surface area contributed by atoms with Gasteiger partial charge in [-0.05, 0) is 38.5 Å². The maximum atomic E-state index is 12.8. The Morgan fingerprint density at radius 3 is 1.89 bits per heavy atom. The van der Waals surface area contributed by atoms with Crippen molar-refractivity contribution in [3.8, 4) is 0 Å². The first-order valence-electron chi connectivity index (χ1n) is 17.2. The van der Waals surface area contributed by atoms with Crippen LogP contribution in [0.5, 0.6) is 0 Å². The molecular formula is C35H63NO8. The van der Waals surface area contributed by atoms with Crippen LogP contribution in [0.4, 0.5) is 0 Å². The molecule has 1 saturated heterocycles. The van der Waals surface area contributed by atoms with Crippen LogP contribution in [-0.2, 0) is 14.3 Å². The van der Waals surface area contributed by atoms with E-state index in [-0.39, 0.29) is 12.5 Å². The molecule has 6 N–H and O–H groups in total. The Labute approximate surface area is 266 Å². The van der Waals surface area contributed by atoms with E-state index in [0.29, 0.717) is 6.42 Å². The second-order valence-electron chi connectivity index (χ2n) is 11.9. The molecule has 0 radical (unpaired) electrons. The van der Waals surface area contributed by atoms with E-state index in [1.54, 1.807) is 6.08 Å². The summed E-state index contributed by atoms with van der Waals surface area (Å²) in [5.41, 5.74) is 0. The molecule has 0 aromatic heterocycles. The monoisotopic (exact) mass is 625 g/mol. The summed E-state index contributed by atoms with van der Waals surface area (Å²) in [6.07, 6.45) is 22.0. The van der Waals surface area contributed by atoms with Crippen molar-refractivity contribution in [1.82, 2.24) is 5.32 Å². The van der Waals surface area contributed by atoms with Crippen LogP contribution in [0.15, 0.2) is 36.5 Å². The average Bonchev–Trinajstić information content (AvgIpc) is 3.02. The molecule has 0 spiro atoms. The summed E-state index contributed by atoms with van der Waals surface area (Å²) < 4.78 is 11.1. The van der Waals surface area contributed by atoms with Gasteiger partial charge >= 0.3 is 0 Å². The fourth-order valence-corrected chi connectivity index (χ4v) is 5.13. The zero-order valence-corrected chi connectivity index (χ0v) is 27.4. The quantitative estimate of drug-likeness (QED) is 0.0582. The summed E-state index contributed by atoms with van der Waals surface area (Å²) in [5, 5.41) is 53.6. The minimum absolute atomic E-state index is 0.198. The number of rotatable bonds is 26. The van der Waals surface area contributed by atoms with Crippen molar-refractivity contribution in [2.75, 3.05) is 13.2 Å². The summed E-state index contributed by atoms with van der Waals surface area (Å²) in [4.78, 5) is 12.8.